The molecule has 1 aliphatic heterocycles. The molecule has 2 rings (SSSR count). The largest absolute Gasteiger partial charge is 0.479 e. The number of rotatable bonds is 3. The van der Waals surface area contributed by atoms with Gasteiger partial charge >= 0.3 is 5.97 Å². The predicted octanol–water partition coefficient (Wildman–Crippen LogP) is 2.13. The first kappa shape index (κ1) is 15.0. The van der Waals surface area contributed by atoms with Crippen molar-refractivity contribution in [2.24, 2.45) is 0 Å². The third-order valence-electron chi connectivity index (χ3n) is 3.39. The second-order valence-corrected chi connectivity index (χ2v) is 5.57. The topological polar surface area (TPSA) is 66.8 Å². The van der Waals surface area contributed by atoms with Crippen LogP contribution in [-0.2, 0) is 14.3 Å². The van der Waals surface area contributed by atoms with Gasteiger partial charge in [0.1, 0.15) is 6.61 Å². The Hall–Kier alpha value is -1.40. The molecule has 1 aromatic carbocycles. The highest BCUT2D eigenvalue weighted by molar-refractivity contribution is 9.10. The Balaban J connectivity index is 2.49. The third-order valence-corrected chi connectivity index (χ3v) is 4.07. The average molecular weight is 342 g/mol. The molecule has 0 radical (unpaired) electrons. The number of carbonyl (C=O) groups is 2. The van der Waals surface area contributed by atoms with E-state index in [0.29, 0.717) is 6.54 Å². The molecule has 1 aliphatic rings. The minimum absolute atomic E-state index is 0.190. The van der Waals surface area contributed by atoms with Gasteiger partial charge in [-0.25, -0.2) is 4.79 Å². The number of nitrogens with zero attached hydrogens (tertiary/aromatic N) is 1. The number of carbonyl (C=O) groups excluding carboxylic acids is 1. The van der Waals surface area contributed by atoms with Crippen molar-refractivity contribution in [1.82, 2.24) is 4.90 Å². The van der Waals surface area contributed by atoms with Gasteiger partial charge in [-0.15, -0.1) is 0 Å². The Bertz CT molecular complexity index is 544. The van der Waals surface area contributed by atoms with E-state index in [1.807, 2.05) is 32.0 Å². The number of aryl methyl sites for hydroxylation is 1. The van der Waals surface area contributed by atoms with Crippen LogP contribution in [0.2, 0.25) is 0 Å². The maximum atomic E-state index is 11.9. The molecule has 0 saturated carbocycles. The Morgan fingerprint density at radius 3 is 2.80 bits per heavy atom. The number of halogens is 1. The van der Waals surface area contributed by atoms with Gasteiger partial charge in [0.05, 0.1) is 6.04 Å². The van der Waals surface area contributed by atoms with Gasteiger partial charge < -0.3 is 14.7 Å². The molecule has 1 heterocycles. The molecule has 5 nitrogen and oxygen atoms in total. The second-order valence-electron chi connectivity index (χ2n) is 4.72. The molecule has 0 aromatic heterocycles. The fourth-order valence-corrected chi connectivity index (χ4v) is 3.16. The number of amides is 1. The van der Waals surface area contributed by atoms with Crippen molar-refractivity contribution >= 4 is 27.8 Å². The number of carboxylic acid groups (broad SMARTS) is 1. The van der Waals surface area contributed by atoms with Crippen molar-refractivity contribution in [3.8, 4) is 0 Å². The van der Waals surface area contributed by atoms with Gasteiger partial charge in [0, 0.05) is 11.0 Å². The number of likely N-dealkylation sites (N-methyl/N-ethyl adjacent to an activating group) is 1. The van der Waals surface area contributed by atoms with Crippen molar-refractivity contribution in [1.29, 1.82) is 0 Å². The number of aliphatic carboxylic acids is 1. The lowest BCUT2D eigenvalue weighted by molar-refractivity contribution is -0.172. The quantitative estimate of drug-likeness (QED) is 0.914. The van der Waals surface area contributed by atoms with Crippen LogP contribution in [0.3, 0.4) is 0 Å². The number of ether oxygens (including phenoxy) is 1. The molecule has 1 fully saturated rings. The summed E-state index contributed by atoms with van der Waals surface area (Å²) in [6.07, 6.45) is -1.05. The van der Waals surface area contributed by atoms with Gasteiger partial charge in [-0.05, 0) is 31.0 Å². The van der Waals surface area contributed by atoms with Gasteiger partial charge in [-0.1, -0.05) is 28.1 Å². The number of carboxylic acids is 1. The van der Waals surface area contributed by atoms with Gasteiger partial charge in [0.25, 0.3) is 0 Å². The summed E-state index contributed by atoms with van der Waals surface area (Å²) in [6.45, 7) is 4.03. The third kappa shape index (κ3) is 2.71. The van der Waals surface area contributed by atoms with E-state index in [4.69, 9.17) is 4.74 Å². The van der Waals surface area contributed by atoms with Crippen LogP contribution in [0, 0.1) is 6.92 Å². The second kappa shape index (κ2) is 5.93. The van der Waals surface area contributed by atoms with E-state index in [-0.39, 0.29) is 12.5 Å². The van der Waals surface area contributed by atoms with Gasteiger partial charge in [-0.2, -0.15) is 0 Å². The van der Waals surface area contributed by atoms with Crippen LogP contribution in [0.1, 0.15) is 24.1 Å². The van der Waals surface area contributed by atoms with Gasteiger partial charge in [-0.3, -0.25) is 4.79 Å². The molecule has 1 amide bonds. The standard InChI is InChI=1S/C14H16BrNO4/c1-3-16-11(17)7-20-13(14(18)19)12(16)9-5-4-8(2)6-10(9)15/h4-6,12-13H,3,7H2,1-2H3,(H,18,19). The van der Waals surface area contributed by atoms with Crippen LogP contribution in [0.15, 0.2) is 22.7 Å². The smallest absolute Gasteiger partial charge is 0.335 e. The van der Waals surface area contributed by atoms with Crippen LogP contribution >= 0.6 is 15.9 Å². The fraction of sp³-hybridized carbons (Fsp3) is 0.429. The Labute approximate surface area is 125 Å². The monoisotopic (exact) mass is 341 g/mol. The van der Waals surface area contributed by atoms with Crippen LogP contribution in [0.25, 0.3) is 0 Å². The molecule has 2 atom stereocenters. The molecule has 1 N–H and O–H groups in total. The summed E-state index contributed by atoms with van der Waals surface area (Å²) in [7, 11) is 0. The summed E-state index contributed by atoms with van der Waals surface area (Å²) in [6, 6.07) is 5.02. The number of hydrogen-bond acceptors (Lipinski definition) is 3. The first-order valence-electron chi connectivity index (χ1n) is 6.35. The fourth-order valence-electron chi connectivity index (χ4n) is 2.44. The van der Waals surface area contributed by atoms with Crippen LogP contribution in [0.5, 0.6) is 0 Å². The zero-order valence-corrected chi connectivity index (χ0v) is 12.9. The molecule has 0 bridgehead atoms. The first-order valence-corrected chi connectivity index (χ1v) is 7.15. The van der Waals surface area contributed by atoms with Crippen molar-refractivity contribution < 1.29 is 19.4 Å². The highest BCUT2D eigenvalue weighted by atomic mass is 79.9. The summed E-state index contributed by atoms with van der Waals surface area (Å²) >= 11 is 3.45. The Morgan fingerprint density at radius 1 is 1.55 bits per heavy atom. The van der Waals surface area contributed by atoms with E-state index in [1.54, 1.807) is 4.90 Å². The van der Waals surface area contributed by atoms with Crippen molar-refractivity contribution in [2.45, 2.75) is 26.0 Å². The number of benzene rings is 1. The minimum atomic E-state index is -1.06. The summed E-state index contributed by atoms with van der Waals surface area (Å²) in [4.78, 5) is 24.9. The van der Waals surface area contributed by atoms with E-state index >= 15 is 0 Å². The zero-order valence-electron chi connectivity index (χ0n) is 11.3. The number of hydrogen-bond donors (Lipinski definition) is 1. The molecular weight excluding hydrogens is 326 g/mol. The molecule has 0 spiro atoms. The molecule has 108 valence electrons. The average Bonchev–Trinajstić information content (AvgIpc) is 2.38. The lowest BCUT2D eigenvalue weighted by Crippen LogP contribution is -2.51. The zero-order chi connectivity index (χ0) is 14.9. The lowest BCUT2D eigenvalue weighted by atomic mass is 9.97. The predicted molar refractivity (Wildman–Crippen MR) is 76.4 cm³/mol. The lowest BCUT2D eigenvalue weighted by Gasteiger charge is -2.39. The summed E-state index contributed by atoms with van der Waals surface area (Å²) in [5.74, 6) is -1.25. The van der Waals surface area contributed by atoms with Gasteiger partial charge in [0.15, 0.2) is 6.10 Å². The van der Waals surface area contributed by atoms with Crippen molar-refractivity contribution in [3.63, 3.8) is 0 Å². The molecule has 6 heteroatoms. The van der Waals surface area contributed by atoms with Gasteiger partial charge in [0.2, 0.25) is 5.91 Å². The maximum absolute atomic E-state index is 11.9. The van der Waals surface area contributed by atoms with E-state index < -0.39 is 18.1 Å². The highest BCUT2D eigenvalue weighted by Crippen LogP contribution is 2.35. The van der Waals surface area contributed by atoms with E-state index in [9.17, 15) is 14.7 Å². The molecule has 20 heavy (non-hydrogen) atoms. The normalized spacial score (nSPS) is 22.9. The van der Waals surface area contributed by atoms with E-state index in [0.717, 1.165) is 15.6 Å². The molecule has 0 aliphatic carbocycles. The van der Waals surface area contributed by atoms with Crippen LogP contribution in [-0.4, -0.2) is 41.1 Å². The molecule has 1 aromatic rings. The molecule has 2 unspecified atom stereocenters. The molecule has 1 saturated heterocycles. The minimum Gasteiger partial charge on any atom is -0.479 e. The summed E-state index contributed by atoms with van der Waals surface area (Å²) < 4.78 is 6.01. The van der Waals surface area contributed by atoms with E-state index in [1.165, 1.54) is 0 Å². The number of morpholine rings is 1. The Morgan fingerprint density at radius 2 is 2.25 bits per heavy atom. The SMILES string of the molecule is CCN1C(=O)COC(C(=O)O)C1c1ccc(C)cc1Br. The summed E-state index contributed by atoms with van der Waals surface area (Å²) in [5.41, 5.74) is 1.80. The summed E-state index contributed by atoms with van der Waals surface area (Å²) in [5, 5.41) is 9.34. The Kier molecular flexibility index (Phi) is 4.45. The van der Waals surface area contributed by atoms with Crippen LogP contribution in [0.4, 0.5) is 0 Å². The molecular formula is C14H16BrNO4. The first-order chi connectivity index (χ1) is 9.45. The van der Waals surface area contributed by atoms with Crippen molar-refractivity contribution in [3.05, 3.63) is 33.8 Å². The van der Waals surface area contributed by atoms with Crippen LogP contribution < -0.4 is 0 Å². The van der Waals surface area contributed by atoms with E-state index in [2.05, 4.69) is 15.9 Å². The highest BCUT2D eigenvalue weighted by Gasteiger charge is 2.41. The van der Waals surface area contributed by atoms with Crippen molar-refractivity contribution in [2.75, 3.05) is 13.2 Å². The maximum Gasteiger partial charge on any atom is 0.335 e.